The van der Waals surface area contributed by atoms with Crippen LogP contribution in [-0.4, -0.2) is 14.8 Å². The molecule has 0 saturated heterocycles. The molecule has 5 heteroatoms. The van der Waals surface area contributed by atoms with Gasteiger partial charge in [-0.1, -0.05) is 37.3 Å². The van der Waals surface area contributed by atoms with Gasteiger partial charge in [-0.25, -0.2) is 0 Å². The highest BCUT2D eigenvalue weighted by Gasteiger charge is 2.17. The molecule has 3 N–H and O–H groups in total. The van der Waals surface area contributed by atoms with E-state index in [1.807, 2.05) is 37.3 Å². The first kappa shape index (κ1) is 13.3. The predicted molar refractivity (Wildman–Crippen MR) is 63.9 cm³/mol. The highest BCUT2D eigenvalue weighted by Crippen LogP contribution is 2.23. The molecular weight excluding hydrogens is 226 g/mol. The van der Waals surface area contributed by atoms with Gasteiger partial charge >= 0.3 is 11.4 Å². The van der Waals surface area contributed by atoms with Gasteiger partial charge in [0.05, 0.1) is 0 Å². The van der Waals surface area contributed by atoms with Crippen molar-refractivity contribution in [1.29, 1.82) is 0 Å². The van der Waals surface area contributed by atoms with Crippen molar-refractivity contribution in [1.82, 2.24) is 0 Å². The highest BCUT2D eigenvalue weighted by atomic mass is 32.2. The van der Waals surface area contributed by atoms with Gasteiger partial charge in [0, 0.05) is 6.04 Å². The third kappa shape index (κ3) is 4.40. The molecule has 3 atom stereocenters. The van der Waals surface area contributed by atoms with E-state index in [0.29, 0.717) is 6.42 Å². The zero-order valence-corrected chi connectivity index (χ0v) is 10.0. The molecule has 3 unspecified atom stereocenters. The maximum absolute atomic E-state index is 10.7. The largest absolute Gasteiger partial charge is 0.328 e. The molecule has 1 aromatic rings. The summed E-state index contributed by atoms with van der Waals surface area (Å²) in [6, 6.07) is 9.30. The Labute approximate surface area is 98.3 Å². The molecule has 0 aliphatic rings. The van der Waals surface area contributed by atoms with Crippen molar-refractivity contribution in [2.45, 2.75) is 31.9 Å². The van der Waals surface area contributed by atoms with Crippen LogP contribution in [0.1, 0.15) is 31.4 Å². The Balaban J connectivity index is 2.75. The van der Waals surface area contributed by atoms with E-state index in [9.17, 15) is 4.21 Å². The summed E-state index contributed by atoms with van der Waals surface area (Å²) < 4.78 is 24.4. The van der Waals surface area contributed by atoms with Crippen LogP contribution in [0.15, 0.2) is 30.3 Å². The van der Waals surface area contributed by atoms with Crippen molar-refractivity contribution < 1.29 is 12.9 Å². The van der Waals surface area contributed by atoms with E-state index in [-0.39, 0.29) is 6.04 Å². The molecule has 0 radical (unpaired) electrons. The number of nitrogens with two attached hydrogens (primary N) is 1. The van der Waals surface area contributed by atoms with Crippen LogP contribution >= 0.6 is 0 Å². The minimum absolute atomic E-state index is 0.0336. The summed E-state index contributed by atoms with van der Waals surface area (Å²) in [7, 11) is 0. The van der Waals surface area contributed by atoms with Gasteiger partial charge in [0.1, 0.15) is 6.10 Å². The highest BCUT2D eigenvalue weighted by molar-refractivity contribution is 7.74. The third-order valence-electron chi connectivity index (χ3n) is 2.41. The summed E-state index contributed by atoms with van der Waals surface area (Å²) in [4.78, 5) is 0. The van der Waals surface area contributed by atoms with Crippen LogP contribution < -0.4 is 5.73 Å². The maximum Gasteiger partial charge on any atom is 0.302 e. The van der Waals surface area contributed by atoms with Crippen LogP contribution in [0.2, 0.25) is 0 Å². The van der Waals surface area contributed by atoms with Gasteiger partial charge in [-0.3, -0.25) is 8.74 Å². The first-order valence-corrected chi connectivity index (χ1v) is 6.25. The standard InChI is InChI=1S/C11H17NO3S/c1-2-10(12)8-11(15-16(13)14)9-6-4-3-5-7-9/h3-7,10-11H,2,8,12H2,1H3,(H,13,14). The summed E-state index contributed by atoms with van der Waals surface area (Å²) in [5, 5.41) is 0. The van der Waals surface area contributed by atoms with Crippen molar-refractivity contribution in [2.24, 2.45) is 5.73 Å². The molecule has 0 fully saturated rings. The lowest BCUT2D eigenvalue weighted by molar-refractivity contribution is 0.186. The molecule has 16 heavy (non-hydrogen) atoms. The second kappa shape index (κ2) is 6.75. The van der Waals surface area contributed by atoms with E-state index < -0.39 is 17.5 Å². The average molecular weight is 243 g/mol. The van der Waals surface area contributed by atoms with E-state index in [1.165, 1.54) is 0 Å². The van der Waals surface area contributed by atoms with Crippen LogP contribution in [0.3, 0.4) is 0 Å². The molecule has 0 bridgehead atoms. The van der Waals surface area contributed by atoms with Crippen molar-refractivity contribution >= 4 is 11.4 Å². The molecule has 0 aliphatic heterocycles. The Morgan fingerprint density at radius 3 is 2.56 bits per heavy atom. The van der Waals surface area contributed by atoms with Crippen LogP contribution in [0, 0.1) is 0 Å². The van der Waals surface area contributed by atoms with E-state index in [4.69, 9.17) is 14.5 Å². The molecule has 0 aliphatic carbocycles. The lowest BCUT2D eigenvalue weighted by Crippen LogP contribution is -2.23. The number of rotatable bonds is 6. The molecule has 0 saturated carbocycles. The fourth-order valence-corrected chi connectivity index (χ4v) is 1.83. The molecule has 1 aromatic carbocycles. The summed E-state index contributed by atoms with van der Waals surface area (Å²) in [6.45, 7) is 1.97. The topological polar surface area (TPSA) is 72.5 Å². The molecule has 0 aromatic heterocycles. The molecule has 0 amide bonds. The van der Waals surface area contributed by atoms with Crippen molar-refractivity contribution in [3.05, 3.63) is 35.9 Å². The van der Waals surface area contributed by atoms with Crippen molar-refractivity contribution in [2.75, 3.05) is 0 Å². The van der Waals surface area contributed by atoms with E-state index >= 15 is 0 Å². The maximum atomic E-state index is 10.7. The summed E-state index contributed by atoms with van der Waals surface area (Å²) in [5.41, 5.74) is 6.70. The van der Waals surface area contributed by atoms with Gasteiger partial charge in [0.2, 0.25) is 0 Å². The Morgan fingerprint density at radius 2 is 2.06 bits per heavy atom. The number of benzene rings is 1. The van der Waals surface area contributed by atoms with Crippen LogP contribution in [0.4, 0.5) is 0 Å². The lowest BCUT2D eigenvalue weighted by atomic mass is 10.0. The van der Waals surface area contributed by atoms with Crippen LogP contribution in [-0.2, 0) is 15.5 Å². The molecule has 90 valence electrons. The van der Waals surface area contributed by atoms with Gasteiger partial charge in [0.15, 0.2) is 0 Å². The SMILES string of the molecule is CCC(N)CC(OS(=O)O)c1ccccc1. The van der Waals surface area contributed by atoms with Crippen LogP contribution in [0.5, 0.6) is 0 Å². The molecule has 4 nitrogen and oxygen atoms in total. The van der Waals surface area contributed by atoms with Crippen molar-refractivity contribution in [3.8, 4) is 0 Å². The minimum Gasteiger partial charge on any atom is -0.328 e. The second-order valence-electron chi connectivity index (χ2n) is 3.62. The number of hydrogen-bond donors (Lipinski definition) is 2. The van der Waals surface area contributed by atoms with Gasteiger partial charge in [-0.05, 0) is 18.4 Å². The van der Waals surface area contributed by atoms with Gasteiger partial charge in [-0.2, -0.15) is 4.21 Å². The van der Waals surface area contributed by atoms with Gasteiger partial charge < -0.3 is 5.73 Å². The van der Waals surface area contributed by atoms with E-state index in [1.54, 1.807) is 0 Å². The quantitative estimate of drug-likeness (QED) is 0.750. The zero-order chi connectivity index (χ0) is 12.0. The Bertz CT molecular complexity index is 331. The lowest BCUT2D eigenvalue weighted by Gasteiger charge is -2.18. The number of hydrogen-bond acceptors (Lipinski definition) is 3. The second-order valence-corrected chi connectivity index (χ2v) is 4.24. The van der Waals surface area contributed by atoms with Gasteiger partial charge in [-0.15, -0.1) is 0 Å². The van der Waals surface area contributed by atoms with E-state index in [0.717, 1.165) is 12.0 Å². The first-order valence-electron chi connectivity index (χ1n) is 5.22. The zero-order valence-electron chi connectivity index (χ0n) is 9.20. The smallest absolute Gasteiger partial charge is 0.302 e. The normalized spacial score (nSPS) is 16.7. The Morgan fingerprint density at radius 1 is 1.44 bits per heavy atom. The third-order valence-corrected chi connectivity index (χ3v) is 2.81. The van der Waals surface area contributed by atoms with E-state index in [2.05, 4.69) is 0 Å². The van der Waals surface area contributed by atoms with Crippen LogP contribution in [0.25, 0.3) is 0 Å². The molecule has 1 rings (SSSR count). The van der Waals surface area contributed by atoms with Crippen molar-refractivity contribution in [3.63, 3.8) is 0 Å². The predicted octanol–water partition coefficient (Wildman–Crippen LogP) is 2.01. The average Bonchev–Trinajstić information content (AvgIpc) is 2.28. The monoisotopic (exact) mass is 243 g/mol. The summed E-state index contributed by atoms with van der Waals surface area (Å²) >= 11 is -2.27. The summed E-state index contributed by atoms with van der Waals surface area (Å²) in [5.74, 6) is 0. The molecule has 0 heterocycles. The molecule has 0 spiro atoms. The Kier molecular flexibility index (Phi) is 5.62. The Hall–Kier alpha value is -0.750. The fourth-order valence-electron chi connectivity index (χ4n) is 1.44. The van der Waals surface area contributed by atoms with Gasteiger partial charge in [0.25, 0.3) is 0 Å². The summed E-state index contributed by atoms with van der Waals surface area (Å²) in [6.07, 6.45) is 0.916. The fraction of sp³-hybridized carbons (Fsp3) is 0.455. The molecular formula is C11H17NO3S. The minimum atomic E-state index is -2.27. The first-order chi connectivity index (χ1) is 7.63.